The summed E-state index contributed by atoms with van der Waals surface area (Å²) in [5.74, 6) is -2.85. The van der Waals surface area contributed by atoms with Crippen LogP contribution >= 0.6 is 0 Å². The van der Waals surface area contributed by atoms with E-state index in [0.29, 0.717) is 19.3 Å². The van der Waals surface area contributed by atoms with Crippen LogP contribution in [0.15, 0.2) is 11.6 Å². The number of rotatable bonds is 6. The van der Waals surface area contributed by atoms with Crippen LogP contribution in [-0.4, -0.2) is 45.6 Å². The molecule has 0 unspecified atom stereocenters. The average Bonchev–Trinajstić information content (AvgIpc) is 2.68. The van der Waals surface area contributed by atoms with Gasteiger partial charge in [0.25, 0.3) is 0 Å². The first-order valence-electron chi connectivity index (χ1n) is 7.40. The molecular formula is C15H22O6. The molecule has 1 saturated carbocycles. The second-order valence-corrected chi connectivity index (χ2v) is 5.86. The van der Waals surface area contributed by atoms with Gasteiger partial charge in [0.1, 0.15) is 5.41 Å². The maximum atomic E-state index is 11.8. The summed E-state index contributed by atoms with van der Waals surface area (Å²) in [6.07, 6.45) is 1.13. The number of hydrogen-bond donors (Lipinski definition) is 3. The van der Waals surface area contributed by atoms with Gasteiger partial charge in [-0.15, -0.1) is 0 Å². The van der Waals surface area contributed by atoms with E-state index in [1.54, 1.807) is 0 Å². The highest BCUT2D eigenvalue weighted by atomic mass is 16.5. The summed E-state index contributed by atoms with van der Waals surface area (Å²) < 4.78 is 5.85. The van der Waals surface area contributed by atoms with E-state index >= 15 is 0 Å². The lowest BCUT2D eigenvalue weighted by molar-refractivity contribution is -0.174. The van der Waals surface area contributed by atoms with Crippen LogP contribution in [0.3, 0.4) is 0 Å². The van der Waals surface area contributed by atoms with Gasteiger partial charge >= 0.3 is 11.9 Å². The van der Waals surface area contributed by atoms with Gasteiger partial charge in [-0.05, 0) is 31.8 Å². The minimum absolute atomic E-state index is 0.0767. The van der Waals surface area contributed by atoms with Gasteiger partial charge in [-0.2, -0.15) is 0 Å². The van der Waals surface area contributed by atoms with Crippen LogP contribution in [0.1, 0.15) is 39.5 Å². The van der Waals surface area contributed by atoms with E-state index in [2.05, 4.69) is 0 Å². The quantitative estimate of drug-likeness (QED) is 0.685. The molecule has 3 N–H and O–H groups in total. The fourth-order valence-electron chi connectivity index (χ4n) is 3.56. The number of carbonyl (C=O) groups is 2. The van der Waals surface area contributed by atoms with E-state index in [9.17, 15) is 24.9 Å². The first-order chi connectivity index (χ1) is 9.88. The molecular weight excluding hydrogens is 276 g/mol. The summed E-state index contributed by atoms with van der Waals surface area (Å²) in [6.45, 7) is 3.86. The van der Waals surface area contributed by atoms with Crippen LogP contribution in [0.25, 0.3) is 0 Å². The average molecular weight is 298 g/mol. The van der Waals surface area contributed by atoms with Gasteiger partial charge in [-0.1, -0.05) is 13.8 Å². The molecule has 2 aliphatic carbocycles. The molecule has 118 valence electrons. The molecule has 0 heterocycles. The van der Waals surface area contributed by atoms with Crippen LogP contribution in [0.2, 0.25) is 0 Å². The van der Waals surface area contributed by atoms with Crippen molar-refractivity contribution in [3.8, 4) is 0 Å². The van der Waals surface area contributed by atoms with Gasteiger partial charge in [0.2, 0.25) is 0 Å². The molecule has 0 aromatic rings. The first kappa shape index (κ1) is 16.0. The molecule has 6 heteroatoms. The van der Waals surface area contributed by atoms with Gasteiger partial charge in [0, 0.05) is 11.5 Å². The van der Waals surface area contributed by atoms with Crippen LogP contribution < -0.4 is 0 Å². The second kappa shape index (κ2) is 5.77. The minimum Gasteiger partial charge on any atom is -0.481 e. The molecule has 0 spiro atoms. The van der Waals surface area contributed by atoms with Crippen molar-refractivity contribution >= 4 is 11.9 Å². The monoisotopic (exact) mass is 298 g/mol. The van der Waals surface area contributed by atoms with E-state index < -0.39 is 35.5 Å². The molecule has 0 aliphatic heterocycles. The van der Waals surface area contributed by atoms with Crippen molar-refractivity contribution in [2.75, 3.05) is 0 Å². The Morgan fingerprint density at radius 2 is 2.00 bits per heavy atom. The zero-order chi connectivity index (χ0) is 15.8. The first-order valence-corrected chi connectivity index (χ1v) is 7.40. The topological polar surface area (TPSA) is 104 Å². The van der Waals surface area contributed by atoms with Gasteiger partial charge < -0.3 is 20.1 Å². The molecule has 0 radical (unpaired) electrons. The SMILES string of the molecule is CCC(CC)O[C@@H]1C=C(C(=O)O)[C@@H]2CC[C@@]1(C(=O)O)[C@H]2O. The normalized spacial score (nSPS) is 34.9. The van der Waals surface area contributed by atoms with Crippen molar-refractivity contribution in [3.05, 3.63) is 11.6 Å². The third-order valence-electron chi connectivity index (χ3n) is 4.91. The number of aliphatic hydroxyl groups excluding tert-OH is 1. The Bertz CT molecular complexity index is 467. The molecule has 0 saturated heterocycles. The standard InChI is InChI=1S/C15H22O6/c1-3-8(4-2)21-11-7-10(13(17)18)9-5-6-15(11,12(9)16)14(19)20/h7-9,11-12,16H,3-6H2,1-2H3,(H,17,18)(H,19,20)/t9-,11+,12-,15-/m0/s1. The van der Waals surface area contributed by atoms with Crippen molar-refractivity contribution in [1.29, 1.82) is 0 Å². The van der Waals surface area contributed by atoms with Crippen molar-refractivity contribution < 1.29 is 29.6 Å². The Balaban J connectivity index is 2.43. The molecule has 2 aliphatic rings. The highest BCUT2D eigenvalue weighted by molar-refractivity contribution is 5.90. The lowest BCUT2D eigenvalue weighted by Crippen LogP contribution is -2.54. The Morgan fingerprint density at radius 3 is 2.48 bits per heavy atom. The molecule has 1 fully saturated rings. The highest BCUT2D eigenvalue weighted by Gasteiger charge is 2.62. The Kier molecular flexibility index (Phi) is 4.39. The second-order valence-electron chi connectivity index (χ2n) is 5.86. The van der Waals surface area contributed by atoms with Gasteiger partial charge in [-0.25, -0.2) is 4.79 Å². The van der Waals surface area contributed by atoms with Crippen LogP contribution in [-0.2, 0) is 14.3 Å². The number of aliphatic hydroxyl groups is 1. The molecule has 2 bridgehead atoms. The maximum absolute atomic E-state index is 11.8. The lowest BCUT2D eigenvalue weighted by Gasteiger charge is -2.40. The predicted molar refractivity (Wildman–Crippen MR) is 73.8 cm³/mol. The number of carboxylic acid groups (broad SMARTS) is 2. The van der Waals surface area contributed by atoms with Crippen molar-refractivity contribution in [1.82, 2.24) is 0 Å². The zero-order valence-corrected chi connectivity index (χ0v) is 12.3. The van der Waals surface area contributed by atoms with Crippen LogP contribution in [0.5, 0.6) is 0 Å². The number of fused-ring (bicyclic) bond motifs is 2. The number of aliphatic carboxylic acids is 2. The third kappa shape index (κ3) is 2.36. The zero-order valence-electron chi connectivity index (χ0n) is 12.3. The van der Waals surface area contributed by atoms with E-state index in [-0.39, 0.29) is 18.1 Å². The van der Waals surface area contributed by atoms with Gasteiger partial charge in [-0.3, -0.25) is 4.79 Å². The van der Waals surface area contributed by atoms with Crippen LogP contribution in [0, 0.1) is 11.3 Å². The summed E-state index contributed by atoms with van der Waals surface area (Å²) in [5.41, 5.74) is -1.35. The molecule has 4 atom stereocenters. The smallest absolute Gasteiger partial charge is 0.331 e. The fraction of sp³-hybridized carbons (Fsp3) is 0.733. The van der Waals surface area contributed by atoms with Crippen molar-refractivity contribution in [2.24, 2.45) is 11.3 Å². The van der Waals surface area contributed by atoms with E-state index in [1.807, 2.05) is 13.8 Å². The fourth-order valence-corrected chi connectivity index (χ4v) is 3.56. The predicted octanol–water partition coefficient (Wildman–Crippen LogP) is 1.43. The number of ether oxygens (including phenoxy) is 1. The Labute approximate surface area is 123 Å². The number of hydrogen-bond acceptors (Lipinski definition) is 4. The van der Waals surface area contributed by atoms with Crippen molar-refractivity contribution in [3.63, 3.8) is 0 Å². The van der Waals surface area contributed by atoms with Crippen LogP contribution in [0.4, 0.5) is 0 Å². The molecule has 2 rings (SSSR count). The number of carboxylic acids is 2. The Morgan fingerprint density at radius 1 is 1.38 bits per heavy atom. The summed E-state index contributed by atoms with van der Waals surface area (Å²) >= 11 is 0. The summed E-state index contributed by atoms with van der Waals surface area (Å²) in [6, 6.07) is 0. The highest BCUT2D eigenvalue weighted by Crippen LogP contribution is 2.53. The molecule has 0 aromatic heterocycles. The summed E-state index contributed by atoms with van der Waals surface area (Å²) in [5, 5.41) is 29.3. The summed E-state index contributed by atoms with van der Waals surface area (Å²) in [7, 11) is 0. The molecule has 21 heavy (non-hydrogen) atoms. The summed E-state index contributed by atoms with van der Waals surface area (Å²) in [4.78, 5) is 23.1. The van der Waals surface area contributed by atoms with E-state index in [4.69, 9.17) is 4.74 Å². The van der Waals surface area contributed by atoms with Gasteiger partial charge in [0.05, 0.1) is 18.3 Å². The molecule has 0 amide bonds. The van der Waals surface area contributed by atoms with E-state index in [1.165, 1.54) is 6.08 Å². The minimum atomic E-state index is -1.42. The van der Waals surface area contributed by atoms with E-state index in [0.717, 1.165) is 0 Å². The molecule has 0 aromatic carbocycles. The maximum Gasteiger partial charge on any atom is 0.331 e. The molecule has 6 nitrogen and oxygen atoms in total. The largest absolute Gasteiger partial charge is 0.481 e. The van der Waals surface area contributed by atoms with Crippen molar-refractivity contribution in [2.45, 2.75) is 57.8 Å². The Hall–Kier alpha value is -1.40. The third-order valence-corrected chi connectivity index (χ3v) is 4.91. The lowest BCUT2D eigenvalue weighted by atomic mass is 9.71. The van der Waals surface area contributed by atoms with Gasteiger partial charge in [0.15, 0.2) is 0 Å².